The smallest absolute Gasteiger partial charge is 0.241 e. The highest BCUT2D eigenvalue weighted by Crippen LogP contribution is 2.33. The van der Waals surface area contributed by atoms with E-state index in [2.05, 4.69) is 22.4 Å². The Hall–Kier alpha value is -1.49. The molecule has 102 valence electrons. The van der Waals surface area contributed by atoms with Gasteiger partial charge in [-0.3, -0.25) is 9.79 Å². The lowest BCUT2D eigenvalue weighted by atomic mass is 10.1. The van der Waals surface area contributed by atoms with Gasteiger partial charge in [-0.05, 0) is 12.5 Å². The summed E-state index contributed by atoms with van der Waals surface area (Å²) in [5.41, 5.74) is 1.28. The van der Waals surface area contributed by atoms with Crippen molar-refractivity contribution in [3.8, 4) is 0 Å². The van der Waals surface area contributed by atoms with E-state index in [4.69, 9.17) is 0 Å². The maximum Gasteiger partial charge on any atom is 0.241 e. The van der Waals surface area contributed by atoms with E-state index in [1.165, 1.54) is 5.56 Å². The average molecular weight is 277 g/mol. The van der Waals surface area contributed by atoms with E-state index in [-0.39, 0.29) is 5.91 Å². The van der Waals surface area contributed by atoms with Crippen LogP contribution in [0.3, 0.4) is 0 Å². The highest BCUT2D eigenvalue weighted by Gasteiger charge is 2.21. The van der Waals surface area contributed by atoms with Gasteiger partial charge in [-0.15, -0.1) is 0 Å². The number of amides is 1. The minimum absolute atomic E-state index is 0.0916. The largest absolute Gasteiger partial charge is 0.356 e. The van der Waals surface area contributed by atoms with Crippen molar-refractivity contribution in [1.29, 1.82) is 0 Å². The van der Waals surface area contributed by atoms with E-state index in [1.807, 2.05) is 25.1 Å². The molecule has 0 fully saturated rings. The van der Waals surface area contributed by atoms with Gasteiger partial charge >= 0.3 is 0 Å². The van der Waals surface area contributed by atoms with Crippen LogP contribution >= 0.6 is 11.8 Å². The van der Waals surface area contributed by atoms with Crippen LogP contribution in [0.1, 0.15) is 17.7 Å². The molecule has 1 aromatic rings. The third-order valence-electron chi connectivity index (χ3n) is 3.12. The van der Waals surface area contributed by atoms with Crippen LogP contribution in [-0.4, -0.2) is 42.7 Å². The Balaban J connectivity index is 1.81. The molecule has 1 aliphatic heterocycles. The molecule has 0 saturated heterocycles. The predicted molar refractivity (Wildman–Crippen MR) is 80.4 cm³/mol. The van der Waals surface area contributed by atoms with Gasteiger partial charge in [-0.2, -0.15) is 0 Å². The first kappa shape index (κ1) is 13.9. The number of thioether (sulfide) groups is 1. The first-order valence-electron chi connectivity index (χ1n) is 6.44. The summed E-state index contributed by atoms with van der Waals surface area (Å²) in [7, 11) is 1.81. The summed E-state index contributed by atoms with van der Waals surface area (Å²) < 4.78 is 0. The van der Waals surface area contributed by atoms with Crippen LogP contribution in [0, 0.1) is 0 Å². The van der Waals surface area contributed by atoms with E-state index < -0.39 is 0 Å². The zero-order valence-electron chi connectivity index (χ0n) is 11.3. The molecular formula is C14H19N3OS. The number of benzene rings is 1. The van der Waals surface area contributed by atoms with Gasteiger partial charge in [-0.1, -0.05) is 42.1 Å². The summed E-state index contributed by atoms with van der Waals surface area (Å²) >= 11 is 1.69. The van der Waals surface area contributed by atoms with Crippen molar-refractivity contribution >= 4 is 22.8 Å². The number of carbonyl (C=O) groups excluding carboxylic acids is 1. The van der Waals surface area contributed by atoms with Crippen LogP contribution in [0.15, 0.2) is 35.3 Å². The second-order valence-electron chi connectivity index (χ2n) is 4.42. The van der Waals surface area contributed by atoms with E-state index in [1.54, 1.807) is 23.7 Å². The van der Waals surface area contributed by atoms with Gasteiger partial charge in [0.15, 0.2) is 5.17 Å². The Labute approximate surface area is 118 Å². The fraction of sp³-hybridized carbons (Fsp3) is 0.429. The van der Waals surface area contributed by atoms with Gasteiger partial charge in [-0.25, -0.2) is 0 Å². The minimum Gasteiger partial charge on any atom is -0.356 e. The number of nitrogens with one attached hydrogen (secondary N) is 1. The van der Waals surface area contributed by atoms with Crippen molar-refractivity contribution < 1.29 is 4.79 Å². The molecule has 0 aliphatic carbocycles. The molecule has 1 N–H and O–H groups in total. The average Bonchev–Trinajstić information content (AvgIpc) is 2.93. The molecule has 1 aliphatic rings. The molecule has 1 aromatic carbocycles. The Kier molecular flexibility index (Phi) is 4.85. The van der Waals surface area contributed by atoms with Crippen LogP contribution in [0.5, 0.6) is 0 Å². The summed E-state index contributed by atoms with van der Waals surface area (Å²) in [5, 5.41) is 4.35. The number of likely N-dealkylation sites (N-methyl/N-ethyl adjacent to an activating group) is 1. The quantitative estimate of drug-likeness (QED) is 0.914. The van der Waals surface area contributed by atoms with Crippen molar-refractivity contribution in [2.75, 3.05) is 26.7 Å². The number of hydrogen-bond acceptors (Lipinski definition) is 4. The molecule has 0 saturated carbocycles. The fourth-order valence-corrected chi connectivity index (χ4v) is 2.79. The number of aliphatic imine (C=N–C) groups is 1. The Morgan fingerprint density at radius 3 is 2.89 bits per heavy atom. The molecule has 0 spiro atoms. The SMILES string of the molecule is CCN(C)C(=O)CNC1=NCC(c2ccccc2)S1. The van der Waals surface area contributed by atoms with Crippen molar-refractivity contribution in [3.63, 3.8) is 0 Å². The lowest BCUT2D eigenvalue weighted by Crippen LogP contribution is -2.36. The number of amidine groups is 1. The number of hydrogen-bond donors (Lipinski definition) is 1. The molecule has 0 aromatic heterocycles. The number of nitrogens with zero attached hydrogens (tertiary/aromatic N) is 2. The number of rotatable bonds is 4. The molecule has 1 amide bonds. The van der Waals surface area contributed by atoms with Crippen LogP contribution in [0.2, 0.25) is 0 Å². The molecule has 1 atom stereocenters. The van der Waals surface area contributed by atoms with Crippen molar-refractivity contribution in [2.24, 2.45) is 4.99 Å². The van der Waals surface area contributed by atoms with Gasteiger partial charge in [0.05, 0.1) is 18.3 Å². The van der Waals surface area contributed by atoms with Gasteiger partial charge in [0.1, 0.15) is 0 Å². The summed E-state index contributed by atoms with van der Waals surface area (Å²) in [5.74, 6) is 0.0916. The Bertz CT molecular complexity index is 461. The predicted octanol–water partition coefficient (Wildman–Crippen LogP) is 1.90. The van der Waals surface area contributed by atoms with E-state index >= 15 is 0 Å². The maximum absolute atomic E-state index is 11.7. The normalized spacial score (nSPS) is 18.0. The zero-order valence-corrected chi connectivity index (χ0v) is 12.1. The molecule has 19 heavy (non-hydrogen) atoms. The highest BCUT2D eigenvalue weighted by molar-refractivity contribution is 8.14. The Morgan fingerprint density at radius 1 is 1.47 bits per heavy atom. The lowest BCUT2D eigenvalue weighted by Gasteiger charge is -2.15. The highest BCUT2D eigenvalue weighted by atomic mass is 32.2. The Morgan fingerprint density at radius 2 is 2.21 bits per heavy atom. The third-order valence-corrected chi connectivity index (χ3v) is 4.32. The molecule has 1 heterocycles. The molecular weight excluding hydrogens is 258 g/mol. The topological polar surface area (TPSA) is 44.7 Å². The van der Waals surface area contributed by atoms with Crippen LogP contribution in [0.25, 0.3) is 0 Å². The summed E-state index contributed by atoms with van der Waals surface area (Å²) in [6.45, 7) is 3.78. The molecule has 1 unspecified atom stereocenters. The monoisotopic (exact) mass is 277 g/mol. The van der Waals surface area contributed by atoms with Gasteiger partial charge in [0.25, 0.3) is 0 Å². The van der Waals surface area contributed by atoms with Gasteiger partial charge in [0, 0.05) is 13.6 Å². The second kappa shape index (κ2) is 6.61. The fourth-order valence-electron chi connectivity index (χ4n) is 1.78. The van der Waals surface area contributed by atoms with Gasteiger partial charge in [0.2, 0.25) is 5.91 Å². The molecule has 2 rings (SSSR count). The first-order valence-corrected chi connectivity index (χ1v) is 7.32. The standard InChI is InChI=1S/C14H19N3OS/c1-3-17(2)13(18)10-16-14-15-9-12(19-14)11-7-5-4-6-8-11/h4-8,12H,3,9-10H2,1-2H3,(H,15,16). The third kappa shape index (κ3) is 3.73. The summed E-state index contributed by atoms with van der Waals surface area (Å²) in [6, 6.07) is 10.3. The first-order chi connectivity index (χ1) is 9.20. The van der Waals surface area contributed by atoms with Gasteiger partial charge < -0.3 is 10.2 Å². The molecule has 0 bridgehead atoms. The minimum atomic E-state index is 0.0916. The lowest BCUT2D eigenvalue weighted by molar-refractivity contribution is -0.128. The zero-order chi connectivity index (χ0) is 13.7. The summed E-state index contributed by atoms with van der Waals surface area (Å²) in [6.07, 6.45) is 0. The maximum atomic E-state index is 11.7. The van der Waals surface area contributed by atoms with Crippen molar-refractivity contribution in [1.82, 2.24) is 10.2 Å². The summed E-state index contributed by atoms with van der Waals surface area (Å²) in [4.78, 5) is 17.8. The van der Waals surface area contributed by atoms with E-state index in [0.717, 1.165) is 18.3 Å². The van der Waals surface area contributed by atoms with Crippen molar-refractivity contribution in [3.05, 3.63) is 35.9 Å². The second-order valence-corrected chi connectivity index (χ2v) is 5.62. The molecule has 4 nitrogen and oxygen atoms in total. The molecule has 5 heteroatoms. The number of carbonyl (C=O) groups is 1. The van der Waals surface area contributed by atoms with Crippen LogP contribution in [-0.2, 0) is 4.79 Å². The van der Waals surface area contributed by atoms with E-state index in [9.17, 15) is 4.79 Å². The molecule has 0 radical (unpaired) electrons. The van der Waals surface area contributed by atoms with Crippen LogP contribution in [0.4, 0.5) is 0 Å². The van der Waals surface area contributed by atoms with Crippen molar-refractivity contribution in [2.45, 2.75) is 12.2 Å². The van der Waals surface area contributed by atoms with Crippen LogP contribution < -0.4 is 5.32 Å². The van der Waals surface area contributed by atoms with E-state index in [0.29, 0.717) is 11.8 Å².